The summed E-state index contributed by atoms with van der Waals surface area (Å²) in [5.74, 6) is -0.140. The third kappa shape index (κ3) is 8.83. The number of nitrogens with zero attached hydrogens (tertiary/aromatic N) is 2. The van der Waals surface area contributed by atoms with Crippen molar-refractivity contribution >= 4 is 29.7 Å². The van der Waals surface area contributed by atoms with Crippen LogP contribution in [0.15, 0.2) is 30.3 Å². The summed E-state index contributed by atoms with van der Waals surface area (Å²) in [6.45, 7) is 6.14. The normalized spacial score (nSPS) is 16.7. The summed E-state index contributed by atoms with van der Waals surface area (Å²) in [7, 11) is 1.31. The van der Waals surface area contributed by atoms with Gasteiger partial charge in [-0.1, -0.05) is 30.3 Å². The Bertz CT molecular complexity index is 798. The summed E-state index contributed by atoms with van der Waals surface area (Å²) in [4.78, 5) is 46.1. The number of hydroxylamine groups is 2. The molecule has 1 saturated heterocycles. The molecule has 0 bridgehead atoms. The average molecular weight is 495 g/mol. The molecule has 2 rings (SSSR count). The van der Waals surface area contributed by atoms with Crippen LogP contribution in [0.2, 0.25) is 0 Å². The molecule has 2 amide bonds. The van der Waals surface area contributed by atoms with E-state index in [9.17, 15) is 14.4 Å². The molecule has 0 radical (unpaired) electrons. The number of amides is 2. The van der Waals surface area contributed by atoms with Crippen molar-refractivity contribution in [2.45, 2.75) is 70.6 Å². The van der Waals surface area contributed by atoms with Gasteiger partial charge in [0.1, 0.15) is 5.60 Å². The van der Waals surface area contributed by atoms with Gasteiger partial charge in [0.2, 0.25) is 5.91 Å². The number of hydrogen-bond acceptors (Lipinski definition) is 7. The van der Waals surface area contributed by atoms with Crippen molar-refractivity contribution in [2.75, 3.05) is 32.3 Å². The SMILES string of the molecule is COC(=O)[C@H](CCSC)N(OC[C@@H]1CCCN1C(=O)OC(C)(C)C)C(=O)CCc1ccccc1. The molecule has 0 spiro atoms. The summed E-state index contributed by atoms with van der Waals surface area (Å²) in [6.07, 6.45) is 4.23. The zero-order valence-corrected chi connectivity index (χ0v) is 21.8. The fourth-order valence-corrected chi connectivity index (χ4v) is 4.23. The first-order chi connectivity index (χ1) is 16.2. The monoisotopic (exact) mass is 494 g/mol. The van der Waals surface area contributed by atoms with E-state index < -0.39 is 23.7 Å². The summed E-state index contributed by atoms with van der Waals surface area (Å²) in [6, 6.07) is 8.61. The minimum absolute atomic E-state index is 0.100. The highest BCUT2D eigenvalue weighted by atomic mass is 32.2. The Labute approximate surface area is 207 Å². The first-order valence-corrected chi connectivity index (χ1v) is 13.1. The maximum absolute atomic E-state index is 13.2. The van der Waals surface area contributed by atoms with E-state index in [4.69, 9.17) is 14.3 Å². The van der Waals surface area contributed by atoms with Crippen molar-refractivity contribution < 1.29 is 28.7 Å². The van der Waals surface area contributed by atoms with Crippen LogP contribution >= 0.6 is 11.8 Å². The number of esters is 1. The van der Waals surface area contributed by atoms with Crippen LogP contribution in [0.25, 0.3) is 0 Å². The molecule has 0 unspecified atom stereocenters. The predicted molar refractivity (Wildman–Crippen MR) is 132 cm³/mol. The molecule has 0 aromatic heterocycles. The van der Waals surface area contributed by atoms with Crippen LogP contribution in [0.4, 0.5) is 4.79 Å². The number of aryl methyl sites for hydroxylation is 1. The van der Waals surface area contributed by atoms with Crippen LogP contribution in [0, 0.1) is 0 Å². The van der Waals surface area contributed by atoms with E-state index in [0.717, 1.165) is 18.4 Å². The van der Waals surface area contributed by atoms with Gasteiger partial charge in [-0.15, -0.1) is 0 Å². The molecule has 1 fully saturated rings. The van der Waals surface area contributed by atoms with Crippen LogP contribution in [0.3, 0.4) is 0 Å². The summed E-state index contributed by atoms with van der Waals surface area (Å²) >= 11 is 1.58. The van der Waals surface area contributed by atoms with Crippen LogP contribution < -0.4 is 0 Å². The van der Waals surface area contributed by atoms with Crippen molar-refractivity contribution in [2.24, 2.45) is 0 Å². The molecule has 1 aromatic carbocycles. The molecular formula is C25H38N2O6S. The van der Waals surface area contributed by atoms with Crippen molar-refractivity contribution in [1.82, 2.24) is 9.96 Å². The van der Waals surface area contributed by atoms with E-state index in [-0.39, 0.29) is 25.0 Å². The molecule has 8 nitrogen and oxygen atoms in total. The van der Waals surface area contributed by atoms with Gasteiger partial charge in [-0.3, -0.25) is 9.63 Å². The van der Waals surface area contributed by atoms with E-state index >= 15 is 0 Å². The molecular weight excluding hydrogens is 456 g/mol. The van der Waals surface area contributed by atoms with Crippen molar-refractivity contribution in [3.8, 4) is 0 Å². The minimum Gasteiger partial charge on any atom is -0.467 e. The zero-order chi connectivity index (χ0) is 25.1. The van der Waals surface area contributed by atoms with Crippen molar-refractivity contribution in [3.63, 3.8) is 0 Å². The van der Waals surface area contributed by atoms with Crippen molar-refractivity contribution in [1.29, 1.82) is 0 Å². The van der Waals surface area contributed by atoms with E-state index in [1.165, 1.54) is 12.2 Å². The van der Waals surface area contributed by atoms with Gasteiger partial charge in [0, 0.05) is 13.0 Å². The Hall–Kier alpha value is -2.26. The maximum atomic E-state index is 13.2. The van der Waals surface area contributed by atoms with Crippen LogP contribution in [0.5, 0.6) is 0 Å². The molecule has 9 heteroatoms. The minimum atomic E-state index is -0.850. The topological polar surface area (TPSA) is 85.4 Å². The second-order valence-corrected chi connectivity index (χ2v) is 10.3. The molecule has 1 aromatic rings. The molecule has 1 aliphatic rings. The van der Waals surface area contributed by atoms with Crippen LogP contribution in [0.1, 0.15) is 52.0 Å². The largest absolute Gasteiger partial charge is 0.467 e. The summed E-state index contributed by atoms with van der Waals surface area (Å²) in [5.41, 5.74) is 0.430. The van der Waals surface area contributed by atoms with Gasteiger partial charge in [0.05, 0.1) is 19.8 Å². The van der Waals surface area contributed by atoms with Gasteiger partial charge in [-0.25, -0.2) is 14.7 Å². The Morgan fingerprint density at radius 2 is 1.91 bits per heavy atom. The third-order valence-corrected chi connectivity index (χ3v) is 6.12. The van der Waals surface area contributed by atoms with Gasteiger partial charge in [0.15, 0.2) is 6.04 Å². The standard InChI is InChI=1S/C25H38N2O6S/c1-25(2,3)33-24(30)26-16-9-12-20(26)18-32-27(21(15-17-34-5)23(29)31-4)22(28)14-13-19-10-7-6-8-11-19/h6-8,10-11,20-21H,9,12-18H2,1-5H3/t20-,21-/m0/s1. The smallest absolute Gasteiger partial charge is 0.410 e. The van der Waals surface area contributed by atoms with Gasteiger partial charge < -0.3 is 14.4 Å². The highest BCUT2D eigenvalue weighted by Crippen LogP contribution is 2.23. The number of carbonyl (C=O) groups excluding carboxylic acids is 3. The zero-order valence-electron chi connectivity index (χ0n) is 21.0. The number of hydrogen-bond donors (Lipinski definition) is 0. The van der Waals surface area contributed by atoms with Crippen LogP contribution in [-0.4, -0.2) is 77.9 Å². The molecule has 1 heterocycles. The fourth-order valence-electron chi connectivity index (χ4n) is 3.77. The number of carbonyl (C=O) groups is 3. The van der Waals surface area contributed by atoms with Gasteiger partial charge in [-0.2, -0.15) is 11.8 Å². The lowest BCUT2D eigenvalue weighted by molar-refractivity contribution is -0.212. The lowest BCUT2D eigenvalue weighted by atomic mass is 10.1. The second kappa shape index (κ2) is 13.6. The molecule has 1 aliphatic heterocycles. The quantitative estimate of drug-likeness (QED) is 0.339. The molecule has 190 valence electrons. The Kier molecular flexibility index (Phi) is 11.2. The number of methoxy groups -OCH3 is 1. The van der Waals surface area contributed by atoms with E-state index in [1.54, 1.807) is 16.7 Å². The number of thioether (sulfide) groups is 1. The maximum Gasteiger partial charge on any atom is 0.410 e. The number of rotatable bonds is 11. The third-order valence-electron chi connectivity index (χ3n) is 5.48. The van der Waals surface area contributed by atoms with E-state index in [0.29, 0.717) is 25.1 Å². The van der Waals surface area contributed by atoms with Gasteiger partial charge >= 0.3 is 12.1 Å². The van der Waals surface area contributed by atoms with E-state index in [2.05, 4.69) is 0 Å². The highest BCUT2D eigenvalue weighted by molar-refractivity contribution is 7.98. The Balaban J connectivity index is 2.13. The van der Waals surface area contributed by atoms with Gasteiger partial charge in [0.25, 0.3) is 0 Å². The van der Waals surface area contributed by atoms with Gasteiger partial charge in [-0.05, 0) is 64.0 Å². The molecule has 0 aliphatic carbocycles. The van der Waals surface area contributed by atoms with Crippen LogP contribution in [-0.2, 0) is 30.3 Å². The number of ether oxygens (including phenoxy) is 2. The number of likely N-dealkylation sites (tertiary alicyclic amines) is 1. The average Bonchev–Trinajstić information content (AvgIpc) is 3.27. The lowest BCUT2D eigenvalue weighted by Crippen LogP contribution is -2.49. The summed E-state index contributed by atoms with van der Waals surface area (Å²) in [5, 5.41) is 1.18. The molecule has 0 N–H and O–H groups in total. The highest BCUT2D eigenvalue weighted by Gasteiger charge is 2.36. The number of benzene rings is 1. The molecule has 0 saturated carbocycles. The predicted octanol–water partition coefficient (Wildman–Crippen LogP) is 4.07. The Morgan fingerprint density at radius 3 is 2.53 bits per heavy atom. The first-order valence-electron chi connectivity index (χ1n) is 11.7. The lowest BCUT2D eigenvalue weighted by Gasteiger charge is -2.32. The van der Waals surface area contributed by atoms with E-state index in [1.807, 2.05) is 57.4 Å². The Morgan fingerprint density at radius 1 is 1.21 bits per heavy atom. The van der Waals surface area contributed by atoms with Crippen molar-refractivity contribution in [3.05, 3.63) is 35.9 Å². The second-order valence-electron chi connectivity index (χ2n) is 9.29. The fraction of sp³-hybridized carbons (Fsp3) is 0.640. The molecule has 2 atom stereocenters. The molecule has 34 heavy (non-hydrogen) atoms. The first kappa shape index (κ1) is 28.0. The summed E-state index contributed by atoms with van der Waals surface area (Å²) < 4.78 is 10.5.